The molecule has 0 amide bonds. The highest BCUT2D eigenvalue weighted by molar-refractivity contribution is 5.89. The third kappa shape index (κ3) is 3.05. The van der Waals surface area contributed by atoms with Crippen LogP contribution in [0.5, 0.6) is 0 Å². The molecule has 2 N–H and O–H groups in total. The molecule has 0 saturated heterocycles. The van der Waals surface area contributed by atoms with Gasteiger partial charge in [-0.2, -0.15) is 9.78 Å². The Morgan fingerprint density at radius 2 is 1.84 bits per heavy atom. The van der Waals surface area contributed by atoms with Crippen molar-refractivity contribution in [1.82, 2.24) is 30.4 Å². The summed E-state index contributed by atoms with van der Waals surface area (Å²) in [5.74, 6) is -0.0973. The number of fused-ring (bicyclic) bond motifs is 2. The van der Waals surface area contributed by atoms with Crippen molar-refractivity contribution in [3.8, 4) is 11.3 Å². The molecule has 0 radical (unpaired) electrons. The van der Waals surface area contributed by atoms with E-state index in [1.165, 1.54) is 7.11 Å². The molecule has 10 heteroatoms. The van der Waals surface area contributed by atoms with Crippen LogP contribution < -0.4 is 10.9 Å². The first-order valence-corrected chi connectivity index (χ1v) is 9.49. The van der Waals surface area contributed by atoms with E-state index in [4.69, 9.17) is 4.74 Å². The van der Waals surface area contributed by atoms with Crippen molar-refractivity contribution >= 4 is 17.6 Å². The predicted octanol–water partition coefficient (Wildman–Crippen LogP) is 2.21. The van der Waals surface area contributed by atoms with E-state index in [0.717, 1.165) is 16.7 Å². The number of anilines is 2. The predicted molar refractivity (Wildman–Crippen MR) is 111 cm³/mol. The van der Waals surface area contributed by atoms with Crippen LogP contribution in [0.3, 0.4) is 0 Å². The largest absolute Gasteiger partial charge is 0.465 e. The zero-order chi connectivity index (χ0) is 21.5. The molecule has 154 valence electrons. The molecule has 31 heavy (non-hydrogen) atoms. The lowest BCUT2D eigenvalue weighted by molar-refractivity contribution is 0.0600. The Morgan fingerprint density at radius 1 is 1.10 bits per heavy atom. The van der Waals surface area contributed by atoms with Gasteiger partial charge >= 0.3 is 5.97 Å². The number of aryl methyl sites for hydroxylation is 1. The van der Waals surface area contributed by atoms with Gasteiger partial charge in [0, 0.05) is 11.1 Å². The van der Waals surface area contributed by atoms with E-state index in [1.807, 2.05) is 31.2 Å². The smallest absolute Gasteiger partial charge is 0.337 e. The minimum atomic E-state index is -0.529. The zero-order valence-electron chi connectivity index (χ0n) is 16.7. The van der Waals surface area contributed by atoms with Gasteiger partial charge in [-0.1, -0.05) is 47.1 Å². The molecule has 1 aliphatic heterocycles. The SMILES string of the molecule is COC(=O)c1ccc([C@H]2c3c(-c4ccc(C)cc4)n[nH]c(=O)c3Nc3nnnn32)cc1. The van der Waals surface area contributed by atoms with Crippen molar-refractivity contribution in [3.05, 3.63) is 81.1 Å². The van der Waals surface area contributed by atoms with Crippen LogP contribution in [-0.2, 0) is 4.74 Å². The third-order valence-electron chi connectivity index (χ3n) is 5.24. The number of nitrogens with zero attached hydrogens (tertiary/aromatic N) is 5. The number of nitrogens with one attached hydrogen (secondary N) is 2. The summed E-state index contributed by atoms with van der Waals surface area (Å²) in [6, 6.07) is 14.2. The summed E-state index contributed by atoms with van der Waals surface area (Å²) in [5.41, 5.74) is 4.34. The van der Waals surface area contributed by atoms with Crippen LogP contribution in [-0.4, -0.2) is 43.5 Å². The Hall–Kier alpha value is -4.34. The van der Waals surface area contributed by atoms with Gasteiger partial charge in [0.2, 0.25) is 5.95 Å². The standard InChI is InChI=1S/C21H17N7O3/c1-11-3-5-12(6-4-11)16-15-17(19(29)24-23-16)22-21-25-26-27-28(21)18(15)13-7-9-14(10-8-13)20(30)31-2/h3-10,18H,1-2H3,(H,24,29)(H,22,25,27)/t18-/m0/s1. The summed E-state index contributed by atoms with van der Waals surface area (Å²) in [7, 11) is 1.33. The van der Waals surface area contributed by atoms with Gasteiger partial charge in [0.15, 0.2) is 0 Å². The van der Waals surface area contributed by atoms with Crippen LogP contribution in [0, 0.1) is 6.92 Å². The minimum Gasteiger partial charge on any atom is -0.465 e. The summed E-state index contributed by atoms with van der Waals surface area (Å²) in [4.78, 5) is 24.5. The van der Waals surface area contributed by atoms with E-state index in [-0.39, 0.29) is 5.56 Å². The minimum absolute atomic E-state index is 0.329. The van der Waals surface area contributed by atoms with E-state index >= 15 is 0 Å². The molecule has 0 bridgehead atoms. The van der Waals surface area contributed by atoms with Crippen LogP contribution in [0.15, 0.2) is 53.3 Å². The highest BCUT2D eigenvalue weighted by Gasteiger charge is 2.34. The first-order valence-electron chi connectivity index (χ1n) is 9.49. The maximum Gasteiger partial charge on any atom is 0.337 e. The number of aromatic nitrogens is 6. The van der Waals surface area contributed by atoms with Gasteiger partial charge in [0.25, 0.3) is 5.56 Å². The average molecular weight is 415 g/mol. The molecule has 2 aromatic heterocycles. The Bertz CT molecular complexity index is 1340. The summed E-state index contributed by atoms with van der Waals surface area (Å²) < 4.78 is 6.37. The number of esters is 1. The number of H-pyrrole nitrogens is 1. The quantitative estimate of drug-likeness (QED) is 0.429. The van der Waals surface area contributed by atoms with Crippen LogP contribution in [0.25, 0.3) is 11.3 Å². The fourth-order valence-electron chi connectivity index (χ4n) is 3.70. The maximum absolute atomic E-state index is 12.7. The first-order chi connectivity index (χ1) is 15.1. The normalized spacial score (nSPS) is 14.3. The van der Waals surface area contributed by atoms with Gasteiger partial charge in [0.1, 0.15) is 11.7 Å². The molecular formula is C21H17N7O3. The molecule has 3 heterocycles. The second-order valence-electron chi connectivity index (χ2n) is 7.14. The zero-order valence-corrected chi connectivity index (χ0v) is 16.7. The van der Waals surface area contributed by atoms with E-state index in [1.54, 1.807) is 28.9 Å². The molecule has 5 rings (SSSR count). The monoisotopic (exact) mass is 415 g/mol. The molecule has 0 aliphatic carbocycles. The highest BCUT2D eigenvalue weighted by Crippen LogP contribution is 2.41. The van der Waals surface area contributed by atoms with Crippen LogP contribution >= 0.6 is 0 Å². The van der Waals surface area contributed by atoms with Crippen molar-refractivity contribution in [3.63, 3.8) is 0 Å². The van der Waals surface area contributed by atoms with Gasteiger partial charge in [-0.05, 0) is 35.0 Å². The van der Waals surface area contributed by atoms with Crippen LogP contribution in [0.2, 0.25) is 0 Å². The summed E-state index contributed by atoms with van der Waals surface area (Å²) in [6.07, 6.45) is 0. The van der Waals surface area contributed by atoms with Crippen LogP contribution in [0.1, 0.15) is 33.1 Å². The van der Waals surface area contributed by atoms with Gasteiger partial charge in [-0.15, -0.1) is 0 Å². The van der Waals surface area contributed by atoms with Gasteiger partial charge < -0.3 is 10.1 Å². The molecular weight excluding hydrogens is 398 g/mol. The van der Waals surface area contributed by atoms with Gasteiger partial charge in [-0.3, -0.25) is 4.79 Å². The summed E-state index contributed by atoms with van der Waals surface area (Å²) in [6.45, 7) is 2.00. The lowest BCUT2D eigenvalue weighted by atomic mass is 9.92. The molecule has 4 aromatic rings. The van der Waals surface area contributed by atoms with E-state index < -0.39 is 12.0 Å². The molecule has 2 aromatic carbocycles. The second-order valence-corrected chi connectivity index (χ2v) is 7.14. The molecule has 10 nitrogen and oxygen atoms in total. The van der Waals surface area contributed by atoms with Crippen molar-refractivity contribution < 1.29 is 9.53 Å². The topological polar surface area (TPSA) is 128 Å². The van der Waals surface area contributed by atoms with E-state index in [0.29, 0.717) is 28.5 Å². The highest BCUT2D eigenvalue weighted by atomic mass is 16.5. The van der Waals surface area contributed by atoms with Gasteiger partial charge in [-0.25, -0.2) is 9.89 Å². The summed E-state index contributed by atoms with van der Waals surface area (Å²) >= 11 is 0. The number of carbonyl (C=O) groups excluding carboxylic acids is 1. The lowest BCUT2D eigenvalue weighted by Gasteiger charge is -2.27. The molecule has 0 unspecified atom stereocenters. The number of benzene rings is 2. The Balaban J connectivity index is 1.74. The number of hydrogen-bond donors (Lipinski definition) is 2. The molecule has 1 aliphatic rings. The third-order valence-corrected chi connectivity index (χ3v) is 5.24. The average Bonchev–Trinajstić information content (AvgIpc) is 3.27. The fourth-order valence-corrected chi connectivity index (χ4v) is 3.70. The van der Waals surface area contributed by atoms with Crippen molar-refractivity contribution in [2.75, 3.05) is 12.4 Å². The number of carbonyl (C=O) groups is 1. The van der Waals surface area contributed by atoms with Crippen molar-refractivity contribution in [1.29, 1.82) is 0 Å². The number of ether oxygens (including phenoxy) is 1. The Labute approximate surface area is 175 Å². The number of aromatic amines is 1. The number of hydrogen-bond acceptors (Lipinski definition) is 8. The molecule has 1 atom stereocenters. The van der Waals surface area contributed by atoms with E-state index in [2.05, 4.69) is 31.0 Å². The fraction of sp³-hybridized carbons (Fsp3) is 0.143. The lowest BCUT2D eigenvalue weighted by Crippen LogP contribution is -2.29. The van der Waals surface area contributed by atoms with Gasteiger partial charge in [0.05, 0.1) is 18.4 Å². The molecule has 0 spiro atoms. The van der Waals surface area contributed by atoms with Crippen LogP contribution in [0.4, 0.5) is 11.6 Å². The summed E-state index contributed by atoms with van der Waals surface area (Å²) in [5, 5.41) is 21.8. The Kier molecular flexibility index (Phi) is 4.32. The first kappa shape index (κ1) is 18.7. The van der Waals surface area contributed by atoms with E-state index in [9.17, 15) is 9.59 Å². The number of methoxy groups -OCH3 is 1. The maximum atomic E-state index is 12.7. The second kappa shape index (κ2) is 7.17. The molecule has 0 saturated carbocycles. The molecule has 0 fully saturated rings. The van der Waals surface area contributed by atoms with Crippen molar-refractivity contribution in [2.24, 2.45) is 0 Å². The number of tetrazole rings is 1. The van der Waals surface area contributed by atoms with Crippen molar-refractivity contribution in [2.45, 2.75) is 13.0 Å². The Morgan fingerprint density at radius 3 is 2.55 bits per heavy atom. The number of rotatable bonds is 3.